The van der Waals surface area contributed by atoms with Gasteiger partial charge in [-0.15, -0.1) is 0 Å². The van der Waals surface area contributed by atoms with Crippen LogP contribution in [0.1, 0.15) is 33.3 Å². The maximum absolute atomic E-state index is 2.17. The van der Waals surface area contributed by atoms with E-state index in [1.807, 2.05) is 6.07 Å². The highest BCUT2D eigenvalue weighted by molar-refractivity contribution is 5.13. The highest BCUT2D eigenvalue weighted by atomic mass is 13.9. The third-order valence-electron chi connectivity index (χ3n) is 1.25. The Balaban J connectivity index is 0.000000261. The molecule has 0 amide bonds. The molecule has 0 bridgehead atoms. The van der Waals surface area contributed by atoms with Gasteiger partial charge in [0, 0.05) is 0 Å². The van der Waals surface area contributed by atoms with E-state index < -0.39 is 0 Å². The van der Waals surface area contributed by atoms with Crippen molar-refractivity contribution in [3.05, 3.63) is 35.9 Å². The Morgan fingerprint density at radius 1 is 1.00 bits per heavy atom. The fourth-order valence-electron chi connectivity index (χ4n) is 0.714. The first kappa shape index (κ1) is 11.2. The second-order valence-corrected chi connectivity index (χ2v) is 3.57. The van der Waals surface area contributed by atoms with E-state index in [9.17, 15) is 0 Å². The van der Waals surface area contributed by atoms with Gasteiger partial charge in [0.15, 0.2) is 0 Å². The van der Waals surface area contributed by atoms with E-state index in [4.69, 9.17) is 0 Å². The van der Waals surface area contributed by atoms with Gasteiger partial charge < -0.3 is 0 Å². The summed E-state index contributed by atoms with van der Waals surface area (Å²) in [7, 11) is 0. The summed E-state index contributed by atoms with van der Waals surface area (Å²) in [4.78, 5) is 0. The minimum Gasteiger partial charge on any atom is -0.0630 e. The Labute approximate surface area is 76.6 Å². The van der Waals surface area contributed by atoms with Gasteiger partial charge in [-0.25, -0.2) is 0 Å². The lowest BCUT2D eigenvalue weighted by molar-refractivity contribution is 0.737. The Hall–Kier alpha value is -0.780. The van der Waals surface area contributed by atoms with Crippen molar-refractivity contribution in [3.63, 3.8) is 0 Å². The van der Waals surface area contributed by atoms with Crippen LogP contribution in [0.3, 0.4) is 0 Å². The zero-order chi connectivity index (χ0) is 9.40. The van der Waals surface area contributed by atoms with Crippen molar-refractivity contribution < 1.29 is 0 Å². The van der Waals surface area contributed by atoms with Gasteiger partial charge in [0.1, 0.15) is 0 Å². The summed E-state index contributed by atoms with van der Waals surface area (Å²) in [5.74, 6) is 0.833. The standard InChI is InChI=1S/C8H10.C4H10/c1-2-8-6-4-3-5-7-8;1-4(2)3/h3-7H,2H2,1H3;4H,1-3H3. The van der Waals surface area contributed by atoms with Crippen molar-refractivity contribution in [2.75, 3.05) is 0 Å². The van der Waals surface area contributed by atoms with E-state index in [1.165, 1.54) is 5.56 Å². The van der Waals surface area contributed by atoms with Gasteiger partial charge in [0.2, 0.25) is 0 Å². The highest BCUT2D eigenvalue weighted by Gasteiger charge is 1.79. The molecule has 0 spiro atoms. The maximum atomic E-state index is 2.17. The Bertz CT molecular complexity index is 172. The van der Waals surface area contributed by atoms with Crippen LogP contribution >= 0.6 is 0 Å². The SMILES string of the molecule is CC(C)C.CCc1ccccc1. The topological polar surface area (TPSA) is 0 Å². The number of aryl methyl sites for hydroxylation is 1. The normalized spacial score (nSPS) is 9.08. The third kappa shape index (κ3) is 7.33. The van der Waals surface area contributed by atoms with Crippen molar-refractivity contribution in [1.29, 1.82) is 0 Å². The van der Waals surface area contributed by atoms with Crippen molar-refractivity contribution in [2.24, 2.45) is 5.92 Å². The molecule has 0 nitrogen and oxygen atoms in total. The van der Waals surface area contributed by atoms with Crippen LogP contribution in [0.4, 0.5) is 0 Å². The summed E-state index contributed by atoms with van der Waals surface area (Å²) >= 11 is 0. The molecule has 0 fully saturated rings. The Morgan fingerprint density at radius 3 is 1.67 bits per heavy atom. The van der Waals surface area contributed by atoms with Crippen LogP contribution in [0.5, 0.6) is 0 Å². The number of rotatable bonds is 1. The number of benzene rings is 1. The molecule has 0 aliphatic rings. The molecule has 0 aliphatic carbocycles. The average molecular weight is 164 g/mol. The number of hydrogen-bond donors (Lipinski definition) is 0. The van der Waals surface area contributed by atoms with Crippen LogP contribution in [0, 0.1) is 5.92 Å². The first-order valence-corrected chi connectivity index (χ1v) is 4.70. The molecule has 1 aromatic carbocycles. The predicted octanol–water partition coefficient (Wildman–Crippen LogP) is 3.91. The molecule has 0 heterocycles. The Morgan fingerprint density at radius 2 is 1.42 bits per heavy atom. The van der Waals surface area contributed by atoms with Gasteiger partial charge in [0.05, 0.1) is 0 Å². The molecule has 0 unspecified atom stereocenters. The lowest BCUT2D eigenvalue weighted by atomic mass is 10.2. The minimum atomic E-state index is 0.833. The van der Waals surface area contributed by atoms with Crippen LogP contribution in [-0.4, -0.2) is 0 Å². The van der Waals surface area contributed by atoms with Gasteiger partial charge in [-0.2, -0.15) is 0 Å². The van der Waals surface area contributed by atoms with Gasteiger partial charge >= 0.3 is 0 Å². The number of hydrogen-bond acceptors (Lipinski definition) is 0. The summed E-state index contributed by atoms with van der Waals surface area (Å²) in [6.07, 6.45) is 1.14. The van der Waals surface area contributed by atoms with Gasteiger partial charge in [0.25, 0.3) is 0 Å². The van der Waals surface area contributed by atoms with Crippen molar-refractivity contribution in [2.45, 2.75) is 34.1 Å². The molecular weight excluding hydrogens is 144 g/mol. The maximum Gasteiger partial charge on any atom is -0.0307 e. The predicted molar refractivity (Wildman–Crippen MR) is 56.3 cm³/mol. The highest BCUT2D eigenvalue weighted by Crippen LogP contribution is 1.96. The van der Waals surface area contributed by atoms with Crippen molar-refractivity contribution in [3.8, 4) is 0 Å². The molecular formula is C12H20. The van der Waals surface area contributed by atoms with E-state index in [1.54, 1.807) is 0 Å². The first-order chi connectivity index (χ1) is 5.66. The average Bonchev–Trinajstić information content (AvgIpc) is 2.05. The quantitative estimate of drug-likeness (QED) is 0.590. The molecule has 0 radical (unpaired) electrons. The lowest BCUT2D eigenvalue weighted by Crippen LogP contribution is -1.73. The lowest BCUT2D eigenvalue weighted by Gasteiger charge is -1.89. The van der Waals surface area contributed by atoms with Crippen LogP contribution < -0.4 is 0 Å². The first-order valence-electron chi connectivity index (χ1n) is 4.70. The van der Waals surface area contributed by atoms with E-state index in [2.05, 4.69) is 52.0 Å². The van der Waals surface area contributed by atoms with Crippen molar-refractivity contribution in [1.82, 2.24) is 0 Å². The smallest absolute Gasteiger partial charge is 0.0307 e. The van der Waals surface area contributed by atoms with Crippen LogP contribution in [0.15, 0.2) is 30.3 Å². The molecule has 0 atom stereocenters. The molecule has 0 aromatic heterocycles. The van der Waals surface area contributed by atoms with E-state index in [0.29, 0.717) is 0 Å². The molecule has 12 heavy (non-hydrogen) atoms. The molecule has 0 saturated heterocycles. The largest absolute Gasteiger partial charge is 0.0630 e. The second-order valence-electron chi connectivity index (χ2n) is 3.57. The van der Waals surface area contributed by atoms with Crippen LogP contribution in [-0.2, 0) is 6.42 Å². The van der Waals surface area contributed by atoms with E-state index in [-0.39, 0.29) is 0 Å². The Kier molecular flexibility index (Phi) is 6.45. The van der Waals surface area contributed by atoms with E-state index >= 15 is 0 Å². The molecule has 1 rings (SSSR count). The van der Waals surface area contributed by atoms with Crippen LogP contribution in [0.25, 0.3) is 0 Å². The van der Waals surface area contributed by atoms with Gasteiger partial charge in [-0.05, 0) is 17.9 Å². The molecule has 1 aromatic rings. The summed E-state index contributed by atoms with van der Waals surface area (Å²) in [5.41, 5.74) is 1.41. The third-order valence-corrected chi connectivity index (χ3v) is 1.25. The minimum absolute atomic E-state index is 0.833. The molecule has 0 N–H and O–H groups in total. The molecule has 0 aliphatic heterocycles. The fraction of sp³-hybridized carbons (Fsp3) is 0.500. The molecule has 0 saturated carbocycles. The summed E-state index contributed by atoms with van der Waals surface area (Å²) < 4.78 is 0. The molecule has 68 valence electrons. The zero-order valence-corrected chi connectivity index (χ0v) is 8.67. The second kappa shape index (κ2) is 6.90. The van der Waals surface area contributed by atoms with E-state index in [0.717, 1.165) is 12.3 Å². The van der Waals surface area contributed by atoms with Crippen LogP contribution in [0.2, 0.25) is 0 Å². The molecule has 0 heteroatoms. The summed E-state index contributed by atoms with van der Waals surface area (Å²) in [6, 6.07) is 10.5. The van der Waals surface area contributed by atoms with Gasteiger partial charge in [-0.3, -0.25) is 0 Å². The van der Waals surface area contributed by atoms with Crippen molar-refractivity contribution >= 4 is 0 Å². The zero-order valence-electron chi connectivity index (χ0n) is 8.67. The monoisotopic (exact) mass is 164 g/mol. The fourth-order valence-corrected chi connectivity index (χ4v) is 0.714. The summed E-state index contributed by atoms with van der Waals surface area (Å²) in [6.45, 7) is 8.66. The summed E-state index contributed by atoms with van der Waals surface area (Å²) in [5, 5.41) is 0. The van der Waals surface area contributed by atoms with Gasteiger partial charge in [-0.1, -0.05) is 58.0 Å².